The number of hydrogen-bond acceptors (Lipinski definition) is 5. The minimum Gasteiger partial charge on any atom is -0.387 e. The fourth-order valence-electron chi connectivity index (χ4n) is 4.33. The summed E-state index contributed by atoms with van der Waals surface area (Å²) >= 11 is 0. The highest BCUT2D eigenvalue weighted by Crippen LogP contribution is 2.34. The fraction of sp³-hybridized carbons (Fsp3) is 0.318. The molecule has 0 radical (unpaired) electrons. The molecule has 1 aromatic carbocycles. The van der Waals surface area contributed by atoms with Crippen LogP contribution in [0.15, 0.2) is 42.7 Å². The smallest absolute Gasteiger partial charge is 0.259 e. The van der Waals surface area contributed by atoms with Crippen LogP contribution in [-0.2, 0) is 0 Å². The van der Waals surface area contributed by atoms with Crippen molar-refractivity contribution in [1.29, 1.82) is 0 Å². The highest BCUT2D eigenvalue weighted by molar-refractivity contribution is 6.13. The molecule has 5 rings (SSSR count). The van der Waals surface area contributed by atoms with E-state index in [0.29, 0.717) is 11.2 Å². The maximum atomic E-state index is 13.8. The Balaban J connectivity index is 1.82. The van der Waals surface area contributed by atoms with Gasteiger partial charge in [0.1, 0.15) is 5.56 Å². The van der Waals surface area contributed by atoms with Gasteiger partial charge in [0, 0.05) is 44.5 Å². The van der Waals surface area contributed by atoms with Crippen molar-refractivity contribution in [2.45, 2.75) is 6.42 Å². The quantitative estimate of drug-likeness (QED) is 0.572. The fourth-order valence-corrected chi connectivity index (χ4v) is 4.33. The lowest BCUT2D eigenvalue weighted by Crippen LogP contribution is -2.35. The van der Waals surface area contributed by atoms with Gasteiger partial charge >= 0.3 is 0 Å². The predicted octanol–water partition coefficient (Wildman–Crippen LogP) is 2.86. The normalized spacial score (nSPS) is 15.9. The first-order chi connectivity index (χ1) is 14.2. The van der Waals surface area contributed by atoms with Crippen molar-refractivity contribution in [2.24, 2.45) is 0 Å². The number of fused-ring (bicyclic) bond motifs is 5. The van der Waals surface area contributed by atoms with E-state index < -0.39 is 0 Å². The third-order valence-corrected chi connectivity index (χ3v) is 5.81. The topological polar surface area (TPSA) is 65.8 Å². The van der Waals surface area contributed by atoms with Gasteiger partial charge < -0.3 is 15.1 Å². The van der Waals surface area contributed by atoms with Gasteiger partial charge in [-0.05, 0) is 38.2 Å². The number of benzene rings is 1. The van der Waals surface area contributed by atoms with Crippen molar-refractivity contribution in [3.63, 3.8) is 0 Å². The number of nitrogens with one attached hydrogen (secondary N) is 1. The summed E-state index contributed by atoms with van der Waals surface area (Å²) in [5, 5.41) is 4.19. The Morgan fingerprint density at radius 1 is 1.07 bits per heavy atom. The Bertz CT molecular complexity index is 1230. The average Bonchev–Trinajstić information content (AvgIpc) is 3.00. The van der Waals surface area contributed by atoms with Gasteiger partial charge in [0.25, 0.3) is 5.91 Å². The molecule has 0 unspecified atom stereocenters. The Labute approximate surface area is 168 Å². The first-order valence-electron chi connectivity index (χ1n) is 10.0. The number of likely N-dealkylation sites (N-methyl/N-ethyl adjacent to an activating group) is 1. The number of rotatable bonds is 2. The lowest BCUT2D eigenvalue weighted by molar-refractivity contribution is 0.0765. The maximum Gasteiger partial charge on any atom is 0.259 e. The van der Waals surface area contributed by atoms with Gasteiger partial charge in [-0.1, -0.05) is 12.1 Å². The molecule has 4 aromatic rings. The molecule has 0 atom stereocenters. The number of hydrogen-bond donors (Lipinski definition) is 1. The van der Waals surface area contributed by atoms with Crippen LogP contribution in [0.3, 0.4) is 0 Å². The van der Waals surface area contributed by atoms with Crippen LogP contribution in [0, 0.1) is 0 Å². The molecule has 0 spiro atoms. The SMILES string of the molecule is CNc1c(C(=O)N2CCCN(C)CC2)c2nc3ccccc3n2c2ccncc12. The summed E-state index contributed by atoms with van der Waals surface area (Å²) in [6.45, 7) is 3.36. The Morgan fingerprint density at radius 3 is 2.79 bits per heavy atom. The Kier molecular flexibility index (Phi) is 4.32. The lowest BCUT2D eigenvalue weighted by Gasteiger charge is -2.23. The molecule has 1 fully saturated rings. The van der Waals surface area contributed by atoms with Crippen LogP contribution in [-0.4, -0.2) is 70.4 Å². The second kappa shape index (κ2) is 7.00. The van der Waals surface area contributed by atoms with Crippen LogP contribution in [0.5, 0.6) is 0 Å². The Hall–Kier alpha value is -3.19. The predicted molar refractivity (Wildman–Crippen MR) is 116 cm³/mol. The number of pyridine rings is 2. The van der Waals surface area contributed by atoms with E-state index >= 15 is 0 Å². The van der Waals surface area contributed by atoms with E-state index in [1.165, 1.54) is 0 Å². The van der Waals surface area contributed by atoms with Crippen molar-refractivity contribution in [3.8, 4) is 0 Å². The van der Waals surface area contributed by atoms with Crippen molar-refractivity contribution in [1.82, 2.24) is 24.2 Å². The van der Waals surface area contributed by atoms with Gasteiger partial charge in [-0.2, -0.15) is 0 Å². The zero-order valence-electron chi connectivity index (χ0n) is 16.7. The molecule has 0 aliphatic carbocycles. The minimum absolute atomic E-state index is 0.0238. The summed E-state index contributed by atoms with van der Waals surface area (Å²) in [6, 6.07) is 9.99. The van der Waals surface area contributed by atoms with E-state index in [1.54, 1.807) is 6.20 Å². The van der Waals surface area contributed by atoms with E-state index in [-0.39, 0.29) is 5.91 Å². The Morgan fingerprint density at radius 2 is 1.93 bits per heavy atom. The van der Waals surface area contributed by atoms with E-state index in [9.17, 15) is 4.79 Å². The number of aromatic nitrogens is 3. The second-order valence-electron chi connectivity index (χ2n) is 7.60. The molecule has 1 saturated heterocycles. The van der Waals surface area contributed by atoms with Gasteiger partial charge in [0.2, 0.25) is 0 Å². The number of amides is 1. The van der Waals surface area contributed by atoms with Crippen LogP contribution in [0.2, 0.25) is 0 Å². The van der Waals surface area contributed by atoms with Gasteiger partial charge in [0.05, 0.1) is 22.2 Å². The van der Waals surface area contributed by atoms with E-state index in [0.717, 1.165) is 60.2 Å². The van der Waals surface area contributed by atoms with Crippen LogP contribution < -0.4 is 5.32 Å². The number of carbonyl (C=O) groups excluding carboxylic acids is 1. The van der Waals surface area contributed by atoms with Crippen LogP contribution in [0.4, 0.5) is 5.69 Å². The van der Waals surface area contributed by atoms with Crippen LogP contribution in [0.25, 0.3) is 27.6 Å². The number of anilines is 1. The van der Waals surface area contributed by atoms with Gasteiger partial charge in [-0.3, -0.25) is 14.2 Å². The molecule has 1 N–H and O–H groups in total. The summed E-state index contributed by atoms with van der Waals surface area (Å²) in [6.07, 6.45) is 4.57. The second-order valence-corrected chi connectivity index (χ2v) is 7.60. The highest BCUT2D eigenvalue weighted by Gasteiger charge is 2.27. The third-order valence-electron chi connectivity index (χ3n) is 5.81. The first kappa shape index (κ1) is 17.9. The largest absolute Gasteiger partial charge is 0.387 e. The molecule has 1 aliphatic heterocycles. The number of carbonyl (C=O) groups is 1. The maximum absolute atomic E-state index is 13.8. The lowest BCUT2D eigenvalue weighted by atomic mass is 10.1. The molecule has 1 amide bonds. The third kappa shape index (κ3) is 2.81. The first-order valence-corrected chi connectivity index (χ1v) is 10.0. The molecule has 0 bridgehead atoms. The summed E-state index contributed by atoms with van der Waals surface area (Å²) in [5.41, 5.74) is 4.96. The summed E-state index contributed by atoms with van der Waals surface area (Å²) in [4.78, 5) is 27.2. The molecule has 7 nitrogen and oxygen atoms in total. The highest BCUT2D eigenvalue weighted by atomic mass is 16.2. The molecule has 1 aliphatic rings. The molecule has 3 aromatic heterocycles. The molecule has 4 heterocycles. The molecule has 7 heteroatoms. The van der Waals surface area contributed by atoms with Gasteiger partial charge in [-0.25, -0.2) is 4.98 Å². The molecule has 148 valence electrons. The standard InChI is InChI=1S/C22H24N6O/c1-23-20-15-14-24-9-8-17(15)28-18-7-4-3-6-16(18)25-21(28)19(20)22(29)27-11-5-10-26(2)12-13-27/h3-4,6-9,14,23H,5,10-13H2,1-2H3. The number of imidazole rings is 1. The van der Waals surface area contributed by atoms with Gasteiger partial charge in [-0.15, -0.1) is 0 Å². The minimum atomic E-state index is 0.0238. The van der Waals surface area contributed by atoms with E-state index in [1.807, 2.05) is 48.5 Å². The zero-order chi connectivity index (χ0) is 20.0. The van der Waals surface area contributed by atoms with E-state index in [4.69, 9.17) is 4.98 Å². The molecular formula is C22H24N6O. The van der Waals surface area contributed by atoms with Crippen molar-refractivity contribution < 1.29 is 4.79 Å². The number of para-hydroxylation sites is 2. The molecule has 0 saturated carbocycles. The zero-order valence-corrected chi connectivity index (χ0v) is 16.7. The molecular weight excluding hydrogens is 364 g/mol. The van der Waals surface area contributed by atoms with Crippen molar-refractivity contribution >= 4 is 39.2 Å². The van der Waals surface area contributed by atoms with Crippen LogP contribution in [0.1, 0.15) is 16.8 Å². The van der Waals surface area contributed by atoms with Crippen molar-refractivity contribution in [2.75, 3.05) is 45.6 Å². The average molecular weight is 388 g/mol. The van der Waals surface area contributed by atoms with E-state index in [2.05, 4.69) is 26.6 Å². The molecule has 29 heavy (non-hydrogen) atoms. The number of nitrogens with zero attached hydrogens (tertiary/aromatic N) is 5. The summed E-state index contributed by atoms with van der Waals surface area (Å²) in [5.74, 6) is 0.0238. The van der Waals surface area contributed by atoms with Crippen molar-refractivity contribution in [3.05, 3.63) is 48.3 Å². The summed E-state index contributed by atoms with van der Waals surface area (Å²) in [7, 11) is 3.96. The monoisotopic (exact) mass is 388 g/mol. The summed E-state index contributed by atoms with van der Waals surface area (Å²) < 4.78 is 2.09. The van der Waals surface area contributed by atoms with Gasteiger partial charge in [0.15, 0.2) is 5.65 Å². The van der Waals surface area contributed by atoms with Crippen LogP contribution >= 0.6 is 0 Å².